The molecule has 6 rings (SSSR count). The Morgan fingerprint density at radius 1 is 0.382 bits per heavy atom. The van der Waals surface area contributed by atoms with Crippen LogP contribution in [0.3, 0.4) is 0 Å². The van der Waals surface area contributed by atoms with Gasteiger partial charge >= 0.3 is 0 Å². The summed E-state index contributed by atoms with van der Waals surface area (Å²) >= 11 is 0. The number of carbonyl (C=O) groups is 8. The van der Waals surface area contributed by atoms with Gasteiger partial charge in [0.2, 0.25) is 35.4 Å². The summed E-state index contributed by atoms with van der Waals surface area (Å²) in [5.74, 6) is 0.406. The molecule has 384 valence electrons. The van der Waals surface area contributed by atoms with E-state index < -0.39 is 5.54 Å². The highest BCUT2D eigenvalue weighted by Crippen LogP contribution is 2.29. The fraction of sp³-hybridized carbons (Fsp3) is 0.667. The first-order chi connectivity index (χ1) is 30.2. The second-order valence-electron chi connectivity index (χ2n) is 23.3. The van der Waals surface area contributed by atoms with Crippen LogP contribution in [-0.2, 0) is 38.4 Å². The van der Waals surface area contributed by atoms with Gasteiger partial charge in [0.05, 0.1) is 0 Å². The molecule has 6 aliphatic heterocycles. The number of hydrogen-bond acceptors (Lipinski definition) is 8. The lowest BCUT2D eigenvalue weighted by Crippen LogP contribution is -2.51. The van der Waals surface area contributed by atoms with Crippen LogP contribution in [0.25, 0.3) is 0 Å². The highest BCUT2D eigenvalue weighted by Gasteiger charge is 2.36. The molecule has 14 nitrogen and oxygen atoms in total. The van der Waals surface area contributed by atoms with Crippen LogP contribution in [0.15, 0.2) is 61.0 Å². The van der Waals surface area contributed by atoms with Crippen LogP contribution < -0.4 is 0 Å². The smallest absolute Gasteiger partial charge is 0.253 e. The molecule has 0 aromatic heterocycles. The zero-order valence-corrected chi connectivity index (χ0v) is 44.6. The lowest BCUT2D eigenvalue weighted by Gasteiger charge is -2.36. The summed E-state index contributed by atoms with van der Waals surface area (Å²) in [6.45, 7) is 45.0. The molecule has 3 saturated heterocycles. The van der Waals surface area contributed by atoms with Crippen molar-refractivity contribution >= 4 is 47.3 Å². The maximum absolute atomic E-state index is 11.4. The van der Waals surface area contributed by atoms with Crippen molar-refractivity contribution in [1.82, 2.24) is 29.4 Å². The van der Waals surface area contributed by atoms with Crippen molar-refractivity contribution in [3.05, 3.63) is 61.0 Å². The van der Waals surface area contributed by atoms with Gasteiger partial charge in [0.1, 0.15) is 0 Å². The number of imide groups is 2. The molecule has 0 aliphatic carbocycles. The van der Waals surface area contributed by atoms with Crippen molar-refractivity contribution in [3.8, 4) is 0 Å². The number of nitrogens with zero attached hydrogens (tertiary/aromatic N) is 6. The van der Waals surface area contributed by atoms with E-state index in [0.717, 1.165) is 43.7 Å². The number of piperidine rings is 1. The normalized spacial score (nSPS) is 19.1. The minimum absolute atomic E-state index is 0. The van der Waals surface area contributed by atoms with Crippen LogP contribution in [0.2, 0.25) is 0 Å². The number of carbonyl (C=O) groups excluding carboxylic acids is 8. The molecule has 14 heteroatoms. The van der Waals surface area contributed by atoms with Crippen LogP contribution in [0.4, 0.5) is 0 Å². The Hall–Kier alpha value is -5.14. The van der Waals surface area contributed by atoms with E-state index in [4.69, 9.17) is 0 Å². The van der Waals surface area contributed by atoms with Gasteiger partial charge in [-0.05, 0) is 150 Å². The fourth-order valence-corrected chi connectivity index (χ4v) is 8.06. The van der Waals surface area contributed by atoms with Gasteiger partial charge in [-0.15, -0.1) is 0 Å². The average molecular weight is 951 g/mol. The van der Waals surface area contributed by atoms with E-state index in [9.17, 15) is 38.4 Å². The predicted molar refractivity (Wildman–Crippen MR) is 273 cm³/mol. The molecule has 0 radical (unpaired) electrons. The SMILES string of the molecule is C.C=C1C=CC(=O)N1C(C)(C)C.C=C1CCC(=O)N1C(C)(C)C.CC(C)(C)N1C(=O)C=CCC1=O.CC(C)(C)N1C(=O)CCCC1=O.CC(C)(C)N1CC=CCC1=O.CC(C)(C)N1CCCC1=O. The van der Waals surface area contributed by atoms with Crippen molar-refractivity contribution < 1.29 is 38.4 Å². The Kier molecular flexibility index (Phi) is 23.0. The second-order valence-corrected chi connectivity index (χ2v) is 23.3. The van der Waals surface area contributed by atoms with Crippen molar-refractivity contribution in [2.45, 2.75) is 223 Å². The lowest BCUT2D eigenvalue weighted by molar-refractivity contribution is -0.154. The van der Waals surface area contributed by atoms with Crippen LogP contribution in [-0.4, -0.2) is 123 Å². The molecule has 68 heavy (non-hydrogen) atoms. The Morgan fingerprint density at radius 2 is 0.809 bits per heavy atom. The number of allylic oxidation sites excluding steroid dienone is 2. The van der Waals surface area contributed by atoms with Gasteiger partial charge in [0.25, 0.3) is 11.8 Å². The highest BCUT2D eigenvalue weighted by atomic mass is 16.2. The molecule has 0 aromatic rings. The molecule has 8 amide bonds. The first kappa shape index (κ1) is 62.9. The van der Waals surface area contributed by atoms with Crippen LogP contribution in [0, 0.1) is 0 Å². The van der Waals surface area contributed by atoms with E-state index in [2.05, 4.69) is 54.7 Å². The Labute approximate surface area is 410 Å². The molecule has 6 heterocycles. The summed E-state index contributed by atoms with van der Waals surface area (Å²) in [5.41, 5.74) is 0.746. The number of likely N-dealkylation sites (tertiary alicyclic amines) is 3. The van der Waals surface area contributed by atoms with E-state index in [1.165, 1.54) is 15.9 Å². The summed E-state index contributed by atoms with van der Waals surface area (Å²) in [7, 11) is 0. The van der Waals surface area contributed by atoms with E-state index in [1.807, 2.05) is 105 Å². The molecule has 0 aromatic carbocycles. The van der Waals surface area contributed by atoms with Crippen molar-refractivity contribution in [2.24, 2.45) is 0 Å². The zero-order chi connectivity index (χ0) is 52.3. The second kappa shape index (κ2) is 24.9. The maximum Gasteiger partial charge on any atom is 0.253 e. The molecule has 0 atom stereocenters. The first-order valence-electron chi connectivity index (χ1n) is 23.6. The molecule has 0 spiro atoms. The van der Waals surface area contributed by atoms with Gasteiger partial charge in [0, 0.05) is 108 Å². The lowest BCUT2D eigenvalue weighted by atomic mass is 10.00. The topological polar surface area (TPSA) is 156 Å². The predicted octanol–water partition coefficient (Wildman–Crippen LogP) is 9.66. The summed E-state index contributed by atoms with van der Waals surface area (Å²) in [6, 6.07) is 0. The van der Waals surface area contributed by atoms with Gasteiger partial charge in [-0.2, -0.15) is 0 Å². The third-order valence-electron chi connectivity index (χ3n) is 10.8. The van der Waals surface area contributed by atoms with Gasteiger partial charge in [-0.3, -0.25) is 48.2 Å². The standard InChI is InChI=1S/C9H15NO2.C9H13NO2.C9H15NO.C9H13NO.C9H15NO.C8H15NO.CH4/c2*1-9(2,3)10-7(11)5-4-6-8(10)12;2*1-7-5-6-8(11)10(7)9(2,3)4;1-9(2,3)10-7-5-4-6-8(10)11;1-8(2,3)9-6-4-5-7(9)10;/h4-6H2,1-3H3;4-5H,6H2,1-3H3;1,5-6H2,2-4H3;5-6H,1H2,2-4H3;4-5H,6-7H2,1-3H3;4-6H2,1-3H3;1H4. The summed E-state index contributed by atoms with van der Waals surface area (Å²) in [5, 5.41) is 0. The average Bonchev–Trinajstić information content (AvgIpc) is 3.84. The summed E-state index contributed by atoms with van der Waals surface area (Å²) in [4.78, 5) is 100. The van der Waals surface area contributed by atoms with Gasteiger partial charge in [-0.1, -0.05) is 38.8 Å². The van der Waals surface area contributed by atoms with E-state index in [-0.39, 0.29) is 76.5 Å². The minimum atomic E-state index is -0.404. The Bertz CT molecular complexity index is 1890. The van der Waals surface area contributed by atoms with E-state index in [1.54, 1.807) is 28.0 Å². The zero-order valence-electron chi connectivity index (χ0n) is 44.6. The molecule has 0 saturated carbocycles. The summed E-state index contributed by atoms with van der Waals surface area (Å²) < 4.78 is 0. The fourth-order valence-electron chi connectivity index (χ4n) is 8.06. The summed E-state index contributed by atoms with van der Waals surface area (Å²) in [6.07, 6.45) is 16.2. The van der Waals surface area contributed by atoms with Crippen LogP contribution in [0.1, 0.15) is 190 Å². The molecule has 0 unspecified atom stereocenters. The van der Waals surface area contributed by atoms with Gasteiger partial charge in [0.15, 0.2) is 0 Å². The van der Waals surface area contributed by atoms with Crippen molar-refractivity contribution in [1.29, 1.82) is 0 Å². The molecule has 6 aliphatic rings. The largest absolute Gasteiger partial charge is 0.338 e. The molecular weight excluding hydrogens is 861 g/mol. The number of amides is 8. The number of hydrogen-bond donors (Lipinski definition) is 0. The van der Waals surface area contributed by atoms with Crippen LogP contribution >= 0.6 is 0 Å². The molecule has 0 bridgehead atoms. The third-order valence-corrected chi connectivity index (χ3v) is 10.8. The van der Waals surface area contributed by atoms with Gasteiger partial charge < -0.3 is 19.6 Å². The van der Waals surface area contributed by atoms with Crippen molar-refractivity contribution in [3.63, 3.8) is 0 Å². The van der Waals surface area contributed by atoms with E-state index >= 15 is 0 Å². The molecule has 3 fully saturated rings. The number of rotatable bonds is 0. The quantitative estimate of drug-likeness (QED) is 0.172. The van der Waals surface area contributed by atoms with Crippen molar-refractivity contribution in [2.75, 3.05) is 13.1 Å². The molecular formula is C54H90N6O8. The first-order valence-corrected chi connectivity index (χ1v) is 23.6. The Balaban J connectivity index is 0.000000791. The highest BCUT2D eigenvalue weighted by molar-refractivity contribution is 6.04. The third kappa shape index (κ3) is 19.5. The van der Waals surface area contributed by atoms with Gasteiger partial charge in [-0.25, -0.2) is 0 Å². The maximum atomic E-state index is 11.4. The van der Waals surface area contributed by atoms with E-state index in [0.29, 0.717) is 44.4 Å². The molecule has 0 N–H and O–H groups in total. The van der Waals surface area contributed by atoms with Crippen LogP contribution in [0.5, 0.6) is 0 Å². The Morgan fingerprint density at radius 3 is 1.06 bits per heavy atom. The monoisotopic (exact) mass is 951 g/mol. The minimum Gasteiger partial charge on any atom is -0.338 e.